The molecule has 1 aliphatic heterocycles. The predicted octanol–water partition coefficient (Wildman–Crippen LogP) is 5.97. The van der Waals surface area contributed by atoms with Crippen molar-refractivity contribution in [2.24, 2.45) is 0 Å². The van der Waals surface area contributed by atoms with Gasteiger partial charge in [0, 0.05) is 34.1 Å². The Morgan fingerprint density at radius 1 is 1.03 bits per heavy atom. The number of nitrogens with zero attached hydrogens (tertiary/aromatic N) is 3. The molecule has 1 aliphatic rings. The summed E-state index contributed by atoms with van der Waals surface area (Å²) in [6.45, 7) is 2.91. The SMILES string of the molecule is C[C@@H](NC(=O)c1cnc(N2CCOc3ccccc32)c(NC(=O)c2csc3ccccc23)c1)c1ccncc1. The van der Waals surface area contributed by atoms with Crippen LogP contribution in [0.25, 0.3) is 10.1 Å². The van der Waals surface area contributed by atoms with Crippen molar-refractivity contribution in [3.63, 3.8) is 0 Å². The number of anilines is 3. The van der Waals surface area contributed by atoms with Crippen molar-refractivity contribution in [3.05, 3.63) is 107 Å². The molecule has 4 heterocycles. The Morgan fingerprint density at radius 2 is 1.82 bits per heavy atom. The van der Waals surface area contributed by atoms with Crippen LogP contribution in [0.2, 0.25) is 0 Å². The number of para-hydroxylation sites is 2. The molecule has 194 valence electrons. The molecule has 0 saturated carbocycles. The Labute approximate surface area is 229 Å². The number of rotatable bonds is 6. The number of carbonyl (C=O) groups is 2. The molecule has 2 amide bonds. The van der Waals surface area contributed by atoms with Crippen molar-refractivity contribution < 1.29 is 14.3 Å². The Bertz CT molecular complexity index is 1670. The number of pyridine rings is 2. The second kappa shape index (κ2) is 10.5. The van der Waals surface area contributed by atoms with Gasteiger partial charge in [-0.05, 0) is 48.9 Å². The number of benzene rings is 2. The van der Waals surface area contributed by atoms with Crippen molar-refractivity contribution in [3.8, 4) is 5.75 Å². The van der Waals surface area contributed by atoms with E-state index in [4.69, 9.17) is 4.74 Å². The van der Waals surface area contributed by atoms with Crippen LogP contribution in [0.3, 0.4) is 0 Å². The first-order chi connectivity index (χ1) is 19.1. The standard InChI is InChI=1S/C30H25N5O3S/c1-19(20-10-12-31-13-11-20)33-29(36)21-16-24(34-30(37)23-18-39-27-9-5-2-6-22(23)27)28(32-17-21)35-14-15-38-26-8-4-3-7-25(26)35/h2-13,16-19H,14-15H2,1H3,(H,33,36)(H,34,37)/t19-/m1/s1. The molecule has 1 atom stereocenters. The maximum Gasteiger partial charge on any atom is 0.257 e. The smallest absolute Gasteiger partial charge is 0.257 e. The average molecular weight is 536 g/mol. The molecule has 0 radical (unpaired) electrons. The molecule has 0 aliphatic carbocycles. The molecular weight excluding hydrogens is 510 g/mol. The lowest BCUT2D eigenvalue weighted by atomic mass is 10.1. The Morgan fingerprint density at radius 3 is 2.69 bits per heavy atom. The van der Waals surface area contributed by atoms with Crippen LogP contribution in [0, 0.1) is 0 Å². The Hall–Kier alpha value is -4.76. The van der Waals surface area contributed by atoms with E-state index in [1.807, 2.05) is 77.9 Å². The van der Waals surface area contributed by atoms with Gasteiger partial charge in [-0.1, -0.05) is 30.3 Å². The normalized spacial score (nSPS) is 13.3. The minimum Gasteiger partial charge on any atom is -0.490 e. The van der Waals surface area contributed by atoms with Crippen molar-refractivity contribution in [1.82, 2.24) is 15.3 Å². The third-order valence-corrected chi connectivity index (χ3v) is 7.60. The number of carbonyl (C=O) groups excluding carboxylic acids is 2. The van der Waals surface area contributed by atoms with Gasteiger partial charge in [-0.2, -0.15) is 0 Å². The molecule has 0 unspecified atom stereocenters. The van der Waals surface area contributed by atoms with Gasteiger partial charge < -0.3 is 20.3 Å². The molecule has 6 rings (SSSR count). The summed E-state index contributed by atoms with van der Waals surface area (Å²) in [6, 6.07) is 20.7. The van der Waals surface area contributed by atoms with Crippen LogP contribution in [-0.2, 0) is 0 Å². The van der Waals surface area contributed by atoms with Crippen molar-refractivity contribution >= 4 is 50.4 Å². The van der Waals surface area contributed by atoms with Crippen LogP contribution < -0.4 is 20.3 Å². The minimum absolute atomic E-state index is 0.235. The van der Waals surface area contributed by atoms with Crippen molar-refractivity contribution in [2.75, 3.05) is 23.4 Å². The van der Waals surface area contributed by atoms with E-state index in [0.29, 0.717) is 35.8 Å². The maximum atomic E-state index is 13.5. The van der Waals surface area contributed by atoms with Gasteiger partial charge in [0.2, 0.25) is 0 Å². The number of ether oxygens (including phenoxy) is 1. The topological polar surface area (TPSA) is 96.5 Å². The fourth-order valence-corrected chi connectivity index (χ4v) is 5.58. The van der Waals surface area contributed by atoms with Crippen LogP contribution in [0.4, 0.5) is 17.2 Å². The molecule has 0 fully saturated rings. The third-order valence-electron chi connectivity index (χ3n) is 6.64. The highest BCUT2D eigenvalue weighted by Crippen LogP contribution is 2.39. The molecule has 9 heteroatoms. The molecule has 0 saturated heterocycles. The maximum absolute atomic E-state index is 13.5. The van der Waals surface area contributed by atoms with Gasteiger partial charge in [0.25, 0.3) is 11.8 Å². The highest BCUT2D eigenvalue weighted by atomic mass is 32.1. The number of thiophene rings is 1. The van der Waals surface area contributed by atoms with Crippen molar-refractivity contribution in [1.29, 1.82) is 0 Å². The number of hydrogen-bond donors (Lipinski definition) is 2. The third kappa shape index (κ3) is 4.92. The number of fused-ring (bicyclic) bond motifs is 2. The Balaban J connectivity index is 1.36. The number of aromatic nitrogens is 2. The van der Waals surface area contributed by atoms with Crippen LogP contribution in [0.5, 0.6) is 5.75 Å². The molecule has 5 aromatic rings. The molecule has 8 nitrogen and oxygen atoms in total. The summed E-state index contributed by atoms with van der Waals surface area (Å²) in [4.78, 5) is 37.5. The number of nitrogens with one attached hydrogen (secondary N) is 2. The van der Waals surface area contributed by atoms with E-state index in [0.717, 1.165) is 27.1 Å². The first-order valence-corrected chi connectivity index (χ1v) is 13.4. The van der Waals surface area contributed by atoms with E-state index in [2.05, 4.69) is 20.6 Å². The van der Waals surface area contributed by atoms with Gasteiger partial charge in [0.1, 0.15) is 12.4 Å². The zero-order valence-electron chi connectivity index (χ0n) is 21.1. The van der Waals surface area contributed by atoms with E-state index in [9.17, 15) is 9.59 Å². The van der Waals surface area contributed by atoms with Gasteiger partial charge in [-0.15, -0.1) is 11.3 Å². The quantitative estimate of drug-likeness (QED) is 0.278. The first kappa shape index (κ1) is 24.6. The molecule has 3 aromatic heterocycles. The van der Waals surface area contributed by atoms with Gasteiger partial charge in [-0.3, -0.25) is 14.6 Å². The monoisotopic (exact) mass is 535 g/mol. The fourth-order valence-electron chi connectivity index (χ4n) is 4.64. The lowest BCUT2D eigenvalue weighted by Gasteiger charge is -2.31. The van der Waals surface area contributed by atoms with E-state index < -0.39 is 0 Å². The molecule has 2 aromatic carbocycles. The van der Waals surface area contributed by atoms with E-state index in [-0.39, 0.29) is 17.9 Å². The van der Waals surface area contributed by atoms with E-state index in [1.165, 1.54) is 17.5 Å². The summed E-state index contributed by atoms with van der Waals surface area (Å²) in [5, 5.41) is 8.79. The zero-order valence-corrected chi connectivity index (χ0v) is 21.9. The van der Waals surface area contributed by atoms with Crippen LogP contribution in [0.15, 0.2) is 90.7 Å². The molecule has 2 N–H and O–H groups in total. The lowest BCUT2D eigenvalue weighted by Crippen LogP contribution is -2.31. The summed E-state index contributed by atoms with van der Waals surface area (Å²) < 4.78 is 6.86. The lowest BCUT2D eigenvalue weighted by molar-refractivity contribution is 0.0938. The minimum atomic E-state index is -0.294. The van der Waals surface area contributed by atoms with Gasteiger partial charge in [0.05, 0.1) is 35.1 Å². The average Bonchev–Trinajstić information content (AvgIpc) is 3.42. The summed E-state index contributed by atoms with van der Waals surface area (Å²) in [6.07, 6.45) is 4.92. The molecule has 0 bridgehead atoms. The first-order valence-electron chi connectivity index (χ1n) is 12.6. The van der Waals surface area contributed by atoms with Crippen LogP contribution in [-0.4, -0.2) is 34.9 Å². The van der Waals surface area contributed by atoms with Gasteiger partial charge in [0.15, 0.2) is 5.82 Å². The number of amides is 2. The van der Waals surface area contributed by atoms with Crippen LogP contribution in [0.1, 0.15) is 39.2 Å². The Kier molecular flexibility index (Phi) is 6.64. The predicted molar refractivity (Wildman–Crippen MR) is 153 cm³/mol. The molecule has 0 spiro atoms. The molecular formula is C30H25N5O3S. The summed E-state index contributed by atoms with van der Waals surface area (Å²) in [5.41, 5.74) is 3.13. The molecule has 39 heavy (non-hydrogen) atoms. The number of hydrogen-bond acceptors (Lipinski definition) is 7. The zero-order chi connectivity index (χ0) is 26.8. The summed E-state index contributed by atoms with van der Waals surface area (Å²) in [5.74, 6) is 0.717. The van der Waals surface area contributed by atoms with E-state index in [1.54, 1.807) is 18.5 Å². The highest BCUT2D eigenvalue weighted by molar-refractivity contribution is 7.17. The van der Waals surface area contributed by atoms with E-state index >= 15 is 0 Å². The largest absolute Gasteiger partial charge is 0.490 e. The summed E-state index contributed by atoms with van der Waals surface area (Å²) >= 11 is 1.52. The van der Waals surface area contributed by atoms with Crippen molar-refractivity contribution in [2.45, 2.75) is 13.0 Å². The second-order valence-corrected chi connectivity index (χ2v) is 10.0. The second-order valence-electron chi connectivity index (χ2n) is 9.14. The fraction of sp³-hybridized carbons (Fsp3) is 0.133. The van der Waals surface area contributed by atoms with Gasteiger partial charge in [-0.25, -0.2) is 4.98 Å². The van der Waals surface area contributed by atoms with Gasteiger partial charge >= 0.3 is 0 Å². The highest BCUT2D eigenvalue weighted by Gasteiger charge is 2.25. The summed E-state index contributed by atoms with van der Waals surface area (Å²) in [7, 11) is 0. The van der Waals surface area contributed by atoms with Crippen LogP contribution >= 0.6 is 11.3 Å².